The molecule has 1 unspecified atom stereocenters. The van der Waals surface area contributed by atoms with Crippen LogP contribution in [-0.2, 0) is 24.2 Å². The van der Waals surface area contributed by atoms with Crippen LogP contribution in [0.4, 0.5) is 0 Å². The molecule has 25 heavy (non-hydrogen) atoms. The predicted molar refractivity (Wildman–Crippen MR) is 94.9 cm³/mol. The van der Waals surface area contributed by atoms with Gasteiger partial charge in [-0.1, -0.05) is 31.5 Å². The van der Waals surface area contributed by atoms with Gasteiger partial charge in [-0.15, -0.1) is 0 Å². The fourth-order valence-electron chi connectivity index (χ4n) is 3.20. The van der Waals surface area contributed by atoms with Crippen LogP contribution in [0.3, 0.4) is 0 Å². The molecule has 1 aliphatic rings. The second-order valence-electron chi connectivity index (χ2n) is 7.23. The van der Waals surface area contributed by atoms with E-state index < -0.39 is 27.3 Å². The van der Waals surface area contributed by atoms with Crippen LogP contribution in [0.2, 0.25) is 0 Å². The third-order valence-corrected chi connectivity index (χ3v) is 6.31. The highest BCUT2D eigenvalue weighted by Gasteiger charge is 2.41. The fourth-order valence-corrected chi connectivity index (χ4v) is 4.90. The summed E-state index contributed by atoms with van der Waals surface area (Å²) < 4.78 is 30.7. The number of sulfone groups is 1. The maximum Gasteiger partial charge on any atom is 0.303 e. The Balaban J connectivity index is 2.39. The van der Waals surface area contributed by atoms with Gasteiger partial charge in [-0.2, -0.15) is 0 Å². The molecule has 0 aromatic heterocycles. The fraction of sp³-hybridized carbons (Fsp3) is 0.474. The van der Waals surface area contributed by atoms with Crippen LogP contribution in [-0.4, -0.2) is 32.0 Å². The Hall–Kier alpha value is -1.95. The van der Waals surface area contributed by atoms with Gasteiger partial charge in [-0.25, -0.2) is 8.42 Å². The molecule has 5 nitrogen and oxygen atoms in total. The van der Waals surface area contributed by atoms with Gasteiger partial charge in [-0.05, 0) is 42.5 Å². The minimum Gasteiger partial charge on any atom is -0.454 e. The number of carbonyl (C=O) groups is 2. The van der Waals surface area contributed by atoms with E-state index in [1.165, 1.54) is 6.92 Å². The van der Waals surface area contributed by atoms with Crippen molar-refractivity contribution >= 4 is 21.6 Å². The SMILES string of the molecule is CC(=O)OC1CC(C)(C)C(CS(=O)(=O)c2ccc(C)cc2)=C(C)C1=O. The van der Waals surface area contributed by atoms with Gasteiger partial charge >= 0.3 is 5.97 Å². The van der Waals surface area contributed by atoms with Crippen molar-refractivity contribution < 1.29 is 22.7 Å². The van der Waals surface area contributed by atoms with Crippen molar-refractivity contribution in [3.63, 3.8) is 0 Å². The first-order valence-electron chi connectivity index (χ1n) is 8.15. The van der Waals surface area contributed by atoms with Crippen LogP contribution in [0, 0.1) is 12.3 Å². The van der Waals surface area contributed by atoms with Crippen molar-refractivity contribution in [2.45, 2.75) is 52.0 Å². The van der Waals surface area contributed by atoms with E-state index in [0.29, 0.717) is 11.1 Å². The van der Waals surface area contributed by atoms with E-state index in [4.69, 9.17) is 4.74 Å². The minimum absolute atomic E-state index is 0.215. The molecule has 0 saturated heterocycles. The Bertz CT molecular complexity index is 829. The van der Waals surface area contributed by atoms with Crippen LogP contribution in [0.25, 0.3) is 0 Å². The summed E-state index contributed by atoms with van der Waals surface area (Å²) in [5.74, 6) is -1.05. The van der Waals surface area contributed by atoms with E-state index in [1.807, 2.05) is 20.8 Å². The lowest BCUT2D eigenvalue weighted by atomic mass is 9.72. The first-order valence-corrected chi connectivity index (χ1v) is 9.80. The molecule has 136 valence electrons. The van der Waals surface area contributed by atoms with E-state index >= 15 is 0 Å². The largest absolute Gasteiger partial charge is 0.454 e. The molecule has 0 amide bonds. The van der Waals surface area contributed by atoms with Crippen molar-refractivity contribution in [1.29, 1.82) is 0 Å². The quantitative estimate of drug-likeness (QED) is 0.768. The van der Waals surface area contributed by atoms with Gasteiger partial charge in [0.05, 0.1) is 10.6 Å². The molecule has 1 atom stereocenters. The lowest BCUT2D eigenvalue weighted by molar-refractivity contribution is -0.153. The highest BCUT2D eigenvalue weighted by atomic mass is 32.2. The summed E-state index contributed by atoms with van der Waals surface area (Å²) in [4.78, 5) is 23.9. The average molecular weight is 364 g/mol. The molecule has 0 bridgehead atoms. The van der Waals surface area contributed by atoms with E-state index in [1.54, 1.807) is 31.2 Å². The maximum atomic E-state index is 12.8. The minimum atomic E-state index is -3.56. The number of hydrogen-bond acceptors (Lipinski definition) is 5. The van der Waals surface area contributed by atoms with Crippen molar-refractivity contribution in [2.24, 2.45) is 5.41 Å². The maximum absolute atomic E-state index is 12.8. The van der Waals surface area contributed by atoms with Gasteiger partial charge in [0.2, 0.25) is 0 Å². The van der Waals surface area contributed by atoms with Crippen LogP contribution in [0.1, 0.15) is 39.7 Å². The monoisotopic (exact) mass is 364 g/mol. The molecule has 2 rings (SSSR count). The van der Waals surface area contributed by atoms with Crippen LogP contribution in [0.15, 0.2) is 40.3 Å². The van der Waals surface area contributed by atoms with Gasteiger partial charge < -0.3 is 4.74 Å². The standard InChI is InChI=1S/C19H24O5S/c1-12-6-8-15(9-7-12)25(22,23)11-16-13(2)18(21)17(24-14(3)20)10-19(16,4)5/h6-9,17H,10-11H2,1-5H3. The summed E-state index contributed by atoms with van der Waals surface area (Å²) in [5.41, 5.74) is 1.38. The second kappa shape index (κ2) is 6.75. The third kappa shape index (κ3) is 4.18. The molecular weight excluding hydrogens is 340 g/mol. The number of hydrogen-bond donors (Lipinski definition) is 0. The first kappa shape index (κ1) is 19.4. The molecule has 0 spiro atoms. The Kier molecular flexibility index (Phi) is 5.23. The smallest absolute Gasteiger partial charge is 0.303 e. The second-order valence-corrected chi connectivity index (χ2v) is 9.22. The van der Waals surface area contributed by atoms with E-state index in [9.17, 15) is 18.0 Å². The van der Waals surface area contributed by atoms with E-state index in [0.717, 1.165) is 5.56 Å². The van der Waals surface area contributed by atoms with Gasteiger partial charge in [0.25, 0.3) is 0 Å². The molecule has 0 fully saturated rings. The molecule has 0 radical (unpaired) electrons. The summed E-state index contributed by atoms with van der Waals surface area (Å²) >= 11 is 0. The summed E-state index contributed by atoms with van der Waals surface area (Å²) in [6.45, 7) is 8.51. The van der Waals surface area contributed by atoms with Crippen LogP contribution >= 0.6 is 0 Å². The highest BCUT2D eigenvalue weighted by molar-refractivity contribution is 7.91. The molecule has 0 saturated carbocycles. The number of carbonyl (C=O) groups excluding carboxylic acids is 2. The summed E-state index contributed by atoms with van der Waals surface area (Å²) in [5, 5.41) is 0. The van der Waals surface area contributed by atoms with E-state index in [-0.39, 0.29) is 22.9 Å². The predicted octanol–water partition coefficient (Wildman–Crippen LogP) is 3.02. The van der Waals surface area contributed by atoms with Crippen molar-refractivity contribution in [1.82, 2.24) is 0 Å². The molecule has 0 N–H and O–H groups in total. The zero-order chi connectivity index (χ0) is 19.0. The Morgan fingerprint density at radius 2 is 1.76 bits per heavy atom. The van der Waals surface area contributed by atoms with Gasteiger partial charge in [0, 0.05) is 13.3 Å². The molecule has 6 heteroatoms. The first-order chi connectivity index (χ1) is 11.4. The number of benzene rings is 1. The summed E-state index contributed by atoms with van der Waals surface area (Å²) in [6, 6.07) is 6.67. The topological polar surface area (TPSA) is 77.5 Å². The molecule has 0 heterocycles. The number of esters is 1. The molecule has 1 aromatic rings. The van der Waals surface area contributed by atoms with Gasteiger partial charge in [0.1, 0.15) is 0 Å². The zero-order valence-electron chi connectivity index (χ0n) is 15.3. The lowest BCUT2D eigenvalue weighted by Gasteiger charge is -2.37. The molecular formula is C19H24O5S. The molecule has 0 aliphatic heterocycles. The van der Waals surface area contributed by atoms with Gasteiger partial charge in [0.15, 0.2) is 21.7 Å². The molecule has 1 aromatic carbocycles. The lowest BCUT2D eigenvalue weighted by Crippen LogP contribution is -2.40. The number of aryl methyl sites for hydroxylation is 1. The summed E-state index contributed by atoms with van der Waals surface area (Å²) in [6.07, 6.45) is -0.569. The normalized spacial score (nSPS) is 20.5. The average Bonchev–Trinajstić information content (AvgIpc) is 2.49. The number of Topliss-reactive ketones (excluding diaryl/α,β-unsaturated/α-hetero) is 1. The van der Waals surface area contributed by atoms with E-state index in [2.05, 4.69) is 0 Å². The van der Waals surface area contributed by atoms with Crippen LogP contribution in [0.5, 0.6) is 0 Å². The Morgan fingerprint density at radius 1 is 1.20 bits per heavy atom. The Morgan fingerprint density at radius 3 is 2.28 bits per heavy atom. The number of rotatable bonds is 4. The highest BCUT2D eigenvalue weighted by Crippen LogP contribution is 2.41. The van der Waals surface area contributed by atoms with Crippen molar-refractivity contribution in [2.75, 3.05) is 5.75 Å². The number of ketones is 1. The summed E-state index contributed by atoms with van der Waals surface area (Å²) in [7, 11) is -3.56. The van der Waals surface area contributed by atoms with Gasteiger partial charge in [-0.3, -0.25) is 9.59 Å². The van der Waals surface area contributed by atoms with Crippen molar-refractivity contribution in [3.05, 3.63) is 41.0 Å². The molecule has 1 aliphatic carbocycles. The number of ether oxygens (including phenoxy) is 1. The third-order valence-electron chi connectivity index (χ3n) is 4.65. The zero-order valence-corrected chi connectivity index (χ0v) is 16.1. The van der Waals surface area contributed by atoms with Crippen molar-refractivity contribution in [3.8, 4) is 0 Å². The van der Waals surface area contributed by atoms with Crippen LogP contribution < -0.4 is 0 Å². The Labute approximate surface area is 149 Å².